The molecule has 3 aromatic rings. The van der Waals surface area contributed by atoms with Gasteiger partial charge in [-0.2, -0.15) is 0 Å². The standard InChI is InChI=1S/C24H31N3O2/c1-16-10-9-11-17(2)21(16)29-15-14-27-20-13-8-7-12-19(20)26-22(27)18(3)25-23(28)24(4,5)6/h7-13,18H,14-15H2,1-6H3,(H,25,28). The zero-order valence-electron chi connectivity index (χ0n) is 18.2. The predicted octanol–water partition coefficient (Wildman–Crippen LogP) is 4.96. The first-order valence-corrected chi connectivity index (χ1v) is 10.1. The van der Waals surface area contributed by atoms with Gasteiger partial charge in [0.05, 0.1) is 23.6 Å². The van der Waals surface area contributed by atoms with Gasteiger partial charge in [-0.15, -0.1) is 0 Å². The predicted molar refractivity (Wildman–Crippen MR) is 117 cm³/mol. The van der Waals surface area contributed by atoms with E-state index in [1.807, 2.05) is 52.0 Å². The van der Waals surface area contributed by atoms with Crippen LogP contribution in [0.4, 0.5) is 0 Å². The summed E-state index contributed by atoms with van der Waals surface area (Å²) in [6.07, 6.45) is 0. The third-order valence-corrected chi connectivity index (χ3v) is 5.07. The molecule has 1 aromatic heterocycles. The molecule has 0 saturated carbocycles. The maximum atomic E-state index is 12.5. The lowest BCUT2D eigenvalue weighted by molar-refractivity contribution is -0.129. The molecule has 0 aliphatic heterocycles. The van der Waals surface area contributed by atoms with Crippen LogP contribution in [0.1, 0.15) is 50.7 Å². The number of para-hydroxylation sites is 3. The number of nitrogens with one attached hydrogen (secondary N) is 1. The first kappa shape index (κ1) is 20.9. The Hall–Kier alpha value is -2.82. The van der Waals surface area contributed by atoms with Crippen molar-refractivity contribution in [3.05, 3.63) is 59.4 Å². The molecule has 3 rings (SSSR count). The van der Waals surface area contributed by atoms with Crippen molar-refractivity contribution in [2.75, 3.05) is 6.61 Å². The molecular weight excluding hydrogens is 362 g/mol. The van der Waals surface area contributed by atoms with Crippen molar-refractivity contribution in [3.8, 4) is 5.75 Å². The molecule has 2 aromatic carbocycles. The molecule has 0 aliphatic carbocycles. The van der Waals surface area contributed by atoms with E-state index in [4.69, 9.17) is 9.72 Å². The van der Waals surface area contributed by atoms with Crippen molar-refractivity contribution in [2.24, 2.45) is 5.41 Å². The molecule has 1 N–H and O–H groups in total. The van der Waals surface area contributed by atoms with Crippen molar-refractivity contribution >= 4 is 16.9 Å². The fourth-order valence-corrected chi connectivity index (χ4v) is 3.40. The van der Waals surface area contributed by atoms with Crippen LogP contribution in [0, 0.1) is 19.3 Å². The summed E-state index contributed by atoms with van der Waals surface area (Å²) in [5, 5.41) is 3.10. The van der Waals surface area contributed by atoms with E-state index in [2.05, 4.69) is 41.9 Å². The van der Waals surface area contributed by atoms with Gasteiger partial charge < -0.3 is 14.6 Å². The number of benzene rings is 2. The fourth-order valence-electron chi connectivity index (χ4n) is 3.40. The highest BCUT2D eigenvalue weighted by atomic mass is 16.5. The number of rotatable bonds is 6. The topological polar surface area (TPSA) is 56.1 Å². The highest BCUT2D eigenvalue weighted by molar-refractivity contribution is 5.82. The lowest BCUT2D eigenvalue weighted by Crippen LogP contribution is -2.37. The molecule has 29 heavy (non-hydrogen) atoms. The SMILES string of the molecule is Cc1cccc(C)c1OCCn1c(C(C)NC(=O)C(C)(C)C)nc2ccccc21. The molecule has 154 valence electrons. The number of aromatic nitrogens is 2. The van der Waals surface area contributed by atoms with Crippen molar-refractivity contribution in [3.63, 3.8) is 0 Å². The van der Waals surface area contributed by atoms with Gasteiger partial charge in [-0.3, -0.25) is 4.79 Å². The molecule has 0 fully saturated rings. The van der Waals surface area contributed by atoms with E-state index in [9.17, 15) is 4.79 Å². The van der Waals surface area contributed by atoms with Gasteiger partial charge in [0, 0.05) is 5.41 Å². The van der Waals surface area contributed by atoms with Crippen LogP contribution in [0.5, 0.6) is 5.75 Å². The van der Waals surface area contributed by atoms with Gasteiger partial charge in [0.25, 0.3) is 0 Å². The molecule has 0 radical (unpaired) electrons. The van der Waals surface area contributed by atoms with Crippen LogP contribution in [0.25, 0.3) is 11.0 Å². The largest absolute Gasteiger partial charge is 0.491 e. The molecule has 0 bridgehead atoms. The summed E-state index contributed by atoms with van der Waals surface area (Å²) in [5.41, 5.74) is 3.78. The van der Waals surface area contributed by atoms with E-state index in [1.165, 1.54) is 0 Å². The Bertz CT molecular complexity index is 994. The summed E-state index contributed by atoms with van der Waals surface area (Å²) in [6.45, 7) is 13.0. The molecule has 0 aliphatic rings. The molecular formula is C24H31N3O2. The zero-order valence-corrected chi connectivity index (χ0v) is 18.2. The normalized spacial score (nSPS) is 12.8. The van der Waals surface area contributed by atoms with E-state index < -0.39 is 5.41 Å². The fraction of sp³-hybridized carbons (Fsp3) is 0.417. The number of nitrogens with zero attached hydrogens (tertiary/aromatic N) is 2. The quantitative estimate of drug-likeness (QED) is 0.644. The van der Waals surface area contributed by atoms with Crippen LogP contribution >= 0.6 is 0 Å². The van der Waals surface area contributed by atoms with Crippen molar-refractivity contribution < 1.29 is 9.53 Å². The number of ether oxygens (including phenoxy) is 1. The summed E-state index contributed by atoms with van der Waals surface area (Å²) in [6, 6.07) is 14.0. The van der Waals surface area contributed by atoms with Crippen molar-refractivity contribution in [1.82, 2.24) is 14.9 Å². The zero-order chi connectivity index (χ0) is 21.2. The number of carbonyl (C=O) groups is 1. The third-order valence-electron chi connectivity index (χ3n) is 5.07. The number of hydrogen-bond donors (Lipinski definition) is 1. The van der Waals surface area contributed by atoms with Gasteiger partial charge in [0.2, 0.25) is 5.91 Å². The van der Waals surface area contributed by atoms with Gasteiger partial charge in [-0.05, 0) is 44.0 Å². The van der Waals surface area contributed by atoms with Crippen LogP contribution in [-0.4, -0.2) is 22.1 Å². The number of carbonyl (C=O) groups excluding carboxylic acids is 1. The Labute approximate surface area is 173 Å². The Kier molecular flexibility index (Phi) is 5.96. The summed E-state index contributed by atoms with van der Waals surface area (Å²) in [7, 11) is 0. The number of imidazole rings is 1. The van der Waals surface area contributed by atoms with Crippen molar-refractivity contribution in [1.29, 1.82) is 0 Å². The average Bonchev–Trinajstić information content (AvgIpc) is 3.02. The third kappa shape index (κ3) is 4.61. The second-order valence-electron chi connectivity index (χ2n) is 8.62. The summed E-state index contributed by atoms with van der Waals surface area (Å²) in [5.74, 6) is 1.79. The highest BCUT2D eigenvalue weighted by Crippen LogP contribution is 2.25. The van der Waals surface area contributed by atoms with E-state index in [-0.39, 0.29) is 11.9 Å². The second-order valence-corrected chi connectivity index (χ2v) is 8.62. The number of fused-ring (bicyclic) bond motifs is 1. The Balaban J connectivity index is 1.84. The van der Waals surface area contributed by atoms with E-state index >= 15 is 0 Å². The average molecular weight is 394 g/mol. The Morgan fingerprint density at radius 1 is 1.10 bits per heavy atom. The molecule has 1 atom stereocenters. The number of aryl methyl sites for hydroxylation is 2. The van der Waals surface area contributed by atoms with E-state index in [0.29, 0.717) is 13.2 Å². The number of hydrogen-bond acceptors (Lipinski definition) is 3. The summed E-state index contributed by atoms with van der Waals surface area (Å²) >= 11 is 0. The van der Waals surface area contributed by atoms with Crippen molar-refractivity contribution in [2.45, 2.75) is 54.1 Å². The first-order chi connectivity index (χ1) is 13.7. The lowest BCUT2D eigenvalue weighted by atomic mass is 9.95. The monoisotopic (exact) mass is 393 g/mol. The molecule has 1 unspecified atom stereocenters. The first-order valence-electron chi connectivity index (χ1n) is 10.1. The van der Waals surface area contributed by atoms with Gasteiger partial charge in [0.1, 0.15) is 18.2 Å². The molecule has 0 spiro atoms. The Morgan fingerprint density at radius 2 is 1.76 bits per heavy atom. The Morgan fingerprint density at radius 3 is 2.41 bits per heavy atom. The molecule has 1 heterocycles. The molecule has 5 heteroatoms. The van der Waals surface area contributed by atoms with Crippen LogP contribution in [0.15, 0.2) is 42.5 Å². The van der Waals surface area contributed by atoms with E-state index in [1.54, 1.807) is 0 Å². The highest BCUT2D eigenvalue weighted by Gasteiger charge is 2.25. The van der Waals surface area contributed by atoms with Crippen LogP contribution in [-0.2, 0) is 11.3 Å². The van der Waals surface area contributed by atoms with Crippen LogP contribution in [0.2, 0.25) is 0 Å². The van der Waals surface area contributed by atoms with Crippen LogP contribution < -0.4 is 10.1 Å². The minimum atomic E-state index is -0.448. The van der Waals surface area contributed by atoms with Gasteiger partial charge in [-0.1, -0.05) is 51.1 Å². The smallest absolute Gasteiger partial charge is 0.225 e. The lowest BCUT2D eigenvalue weighted by Gasteiger charge is -2.22. The summed E-state index contributed by atoms with van der Waals surface area (Å²) in [4.78, 5) is 17.3. The molecule has 5 nitrogen and oxygen atoms in total. The number of amides is 1. The van der Waals surface area contributed by atoms with Gasteiger partial charge in [0.15, 0.2) is 0 Å². The molecule has 1 amide bonds. The minimum Gasteiger partial charge on any atom is -0.491 e. The van der Waals surface area contributed by atoms with Gasteiger partial charge >= 0.3 is 0 Å². The van der Waals surface area contributed by atoms with E-state index in [0.717, 1.165) is 33.7 Å². The molecule has 0 saturated heterocycles. The maximum absolute atomic E-state index is 12.5. The second kappa shape index (κ2) is 8.27. The van der Waals surface area contributed by atoms with Gasteiger partial charge in [-0.25, -0.2) is 4.98 Å². The summed E-state index contributed by atoms with van der Waals surface area (Å²) < 4.78 is 8.27. The minimum absolute atomic E-state index is 0.00962. The van der Waals surface area contributed by atoms with Crippen LogP contribution in [0.3, 0.4) is 0 Å². The maximum Gasteiger partial charge on any atom is 0.225 e.